The maximum Gasteiger partial charge on any atom is 0.252 e. The van der Waals surface area contributed by atoms with Crippen molar-refractivity contribution in [3.63, 3.8) is 0 Å². The second-order valence-electron chi connectivity index (χ2n) is 12.2. The summed E-state index contributed by atoms with van der Waals surface area (Å²) in [5, 5.41) is 13.0. The van der Waals surface area contributed by atoms with Crippen molar-refractivity contribution in [1.82, 2.24) is 20.6 Å². The number of aromatic nitrogens is 2. The van der Waals surface area contributed by atoms with Gasteiger partial charge in [-0.2, -0.15) is 4.98 Å². The van der Waals surface area contributed by atoms with Gasteiger partial charge in [0.1, 0.15) is 5.82 Å². The number of nitrogens with one attached hydrogen (secondary N) is 3. The van der Waals surface area contributed by atoms with Crippen LogP contribution >= 0.6 is 0 Å². The summed E-state index contributed by atoms with van der Waals surface area (Å²) in [7, 11) is 3.99. The Balaban J connectivity index is 1.04. The molecule has 0 radical (unpaired) electrons. The van der Waals surface area contributed by atoms with Gasteiger partial charge >= 0.3 is 0 Å². The number of carbonyl (C=O) groups excluding carboxylic acids is 2. The largest absolute Gasteiger partial charge is 0.362 e. The quantitative estimate of drug-likeness (QED) is 0.173. The molecular weight excluding hydrogens is 560 g/mol. The molecule has 1 saturated carbocycles. The first-order chi connectivity index (χ1) is 21.9. The summed E-state index contributed by atoms with van der Waals surface area (Å²) < 4.78 is 0. The summed E-state index contributed by atoms with van der Waals surface area (Å²) in [5.74, 6) is 1.44. The normalized spacial score (nSPS) is 17.0. The lowest BCUT2D eigenvalue weighted by molar-refractivity contribution is 0.0907. The van der Waals surface area contributed by atoms with Crippen LogP contribution in [0.1, 0.15) is 64.9 Å². The lowest BCUT2D eigenvalue weighted by Crippen LogP contribution is -2.35. The average Bonchev–Trinajstić information content (AvgIpc) is 3.07. The molecule has 1 heterocycles. The molecule has 1 aliphatic rings. The lowest BCUT2D eigenvalue weighted by Gasteiger charge is -2.29. The van der Waals surface area contributed by atoms with Crippen molar-refractivity contribution in [3.8, 4) is 0 Å². The molecule has 3 N–H and O–H groups in total. The maximum absolute atomic E-state index is 13.4. The molecule has 1 aliphatic carbocycles. The van der Waals surface area contributed by atoms with Gasteiger partial charge < -0.3 is 20.9 Å². The Kier molecular flexibility index (Phi) is 8.91. The van der Waals surface area contributed by atoms with Gasteiger partial charge in [-0.25, -0.2) is 4.98 Å². The standard InChI is InChI=1S/C37H40N6O2/c1-24(28-17-10-12-26-11-4-5-13-29(26)28)39-36(45)31-15-7-6-14-30(31)35(44)38-23-25-19-21-27(22-20-25)40-37-41-33-18-9-8-16-32(33)34(42-37)43(2)3/h4-18,24-25,27H,19-23H2,1-3H3,(H,38,44)(H,39,45)(H,40,41,42)/t24-,25-,27+/m0/s1. The third-order valence-corrected chi connectivity index (χ3v) is 8.79. The molecule has 1 aromatic heterocycles. The van der Waals surface area contributed by atoms with Crippen LogP contribution < -0.4 is 20.9 Å². The molecule has 2 amide bonds. The smallest absolute Gasteiger partial charge is 0.252 e. The lowest BCUT2D eigenvalue weighted by atomic mass is 9.86. The highest BCUT2D eigenvalue weighted by Crippen LogP contribution is 2.29. The van der Waals surface area contributed by atoms with Gasteiger partial charge in [0.05, 0.1) is 22.7 Å². The van der Waals surface area contributed by atoms with Crippen LogP contribution in [-0.4, -0.2) is 48.5 Å². The number of amides is 2. The Morgan fingerprint density at radius 1 is 0.778 bits per heavy atom. The van der Waals surface area contributed by atoms with E-state index in [2.05, 4.69) is 34.1 Å². The fraction of sp³-hybridized carbons (Fsp3) is 0.297. The van der Waals surface area contributed by atoms with Crippen molar-refractivity contribution in [1.29, 1.82) is 0 Å². The van der Waals surface area contributed by atoms with Crippen LogP contribution in [0.4, 0.5) is 11.8 Å². The summed E-state index contributed by atoms with van der Waals surface area (Å²) in [6.45, 7) is 2.55. The third kappa shape index (κ3) is 6.75. The van der Waals surface area contributed by atoms with Crippen LogP contribution in [0.25, 0.3) is 21.7 Å². The highest BCUT2D eigenvalue weighted by molar-refractivity contribution is 6.07. The SMILES string of the molecule is C[C@H](NC(=O)c1ccccc1C(=O)NC[C@H]1CC[C@@H](Nc2nc(N(C)C)c3ccccc3n2)CC1)c1cccc2ccccc12. The second-order valence-corrected chi connectivity index (χ2v) is 12.2. The van der Waals surface area contributed by atoms with Crippen molar-refractivity contribution in [2.45, 2.75) is 44.7 Å². The number of rotatable bonds is 9. The molecule has 0 unspecified atom stereocenters. The first-order valence-corrected chi connectivity index (χ1v) is 15.7. The van der Waals surface area contributed by atoms with Crippen LogP contribution in [0.3, 0.4) is 0 Å². The van der Waals surface area contributed by atoms with E-state index in [1.54, 1.807) is 24.3 Å². The van der Waals surface area contributed by atoms with Crippen LogP contribution in [0.15, 0.2) is 91.0 Å². The van der Waals surface area contributed by atoms with E-state index in [4.69, 9.17) is 9.97 Å². The number of anilines is 2. The molecular formula is C37H40N6O2. The number of hydrogen-bond donors (Lipinski definition) is 3. The minimum atomic E-state index is -0.263. The number of para-hydroxylation sites is 1. The Labute approximate surface area is 264 Å². The van der Waals surface area contributed by atoms with Gasteiger partial charge in [0.2, 0.25) is 5.95 Å². The summed E-state index contributed by atoms with van der Waals surface area (Å²) in [4.78, 5) is 38.3. The number of carbonyl (C=O) groups is 2. The summed E-state index contributed by atoms with van der Waals surface area (Å²) in [5.41, 5.74) is 2.73. The van der Waals surface area contributed by atoms with E-state index in [9.17, 15) is 9.59 Å². The molecule has 45 heavy (non-hydrogen) atoms. The molecule has 1 fully saturated rings. The van der Waals surface area contributed by atoms with Crippen molar-refractivity contribution >= 4 is 45.3 Å². The zero-order valence-corrected chi connectivity index (χ0v) is 26.1. The van der Waals surface area contributed by atoms with Crippen LogP contribution in [0.2, 0.25) is 0 Å². The fourth-order valence-electron chi connectivity index (χ4n) is 6.35. The minimum Gasteiger partial charge on any atom is -0.362 e. The van der Waals surface area contributed by atoms with Gasteiger partial charge in [0.25, 0.3) is 11.8 Å². The van der Waals surface area contributed by atoms with Gasteiger partial charge in [-0.1, -0.05) is 66.7 Å². The Hall–Kier alpha value is -4.98. The van der Waals surface area contributed by atoms with Gasteiger partial charge in [0, 0.05) is 32.1 Å². The minimum absolute atomic E-state index is 0.223. The first kappa shape index (κ1) is 30.1. The number of fused-ring (bicyclic) bond motifs is 2. The van der Waals surface area contributed by atoms with Crippen LogP contribution in [-0.2, 0) is 0 Å². The van der Waals surface area contributed by atoms with E-state index >= 15 is 0 Å². The number of hydrogen-bond acceptors (Lipinski definition) is 6. The predicted octanol–water partition coefficient (Wildman–Crippen LogP) is 6.74. The second kappa shape index (κ2) is 13.3. The third-order valence-electron chi connectivity index (χ3n) is 8.79. The average molecular weight is 601 g/mol. The monoisotopic (exact) mass is 600 g/mol. The predicted molar refractivity (Wildman–Crippen MR) is 182 cm³/mol. The zero-order valence-electron chi connectivity index (χ0n) is 26.1. The van der Waals surface area contributed by atoms with E-state index < -0.39 is 0 Å². The van der Waals surface area contributed by atoms with Crippen LogP contribution in [0, 0.1) is 5.92 Å². The van der Waals surface area contributed by atoms with Crippen LogP contribution in [0.5, 0.6) is 0 Å². The molecule has 0 bridgehead atoms. The molecule has 0 aliphatic heterocycles. The molecule has 1 atom stereocenters. The van der Waals surface area contributed by atoms with E-state index in [-0.39, 0.29) is 23.9 Å². The topological polar surface area (TPSA) is 99.2 Å². The molecule has 4 aromatic carbocycles. The molecule has 6 rings (SSSR count). The van der Waals surface area contributed by atoms with Gasteiger partial charge in [-0.3, -0.25) is 9.59 Å². The molecule has 8 heteroatoms. The van der Waals surface area contributed by atoms with Gasteiger partial charge in [-0.05, 0) is 79.1 Å². The first-order valence-electron chi connectivity index (χ1n) is 15.7. The number of nitrogens with zero attached hydrogens (tertiary/aromatic N) is 3. The summed E-state index contributed by atoms with van der Waals surface area (Å²) in [6, 6.07) is 29.4. The Bertz CT molecular complexity index is 1820. The molecule has 0 spiro atoms. The highest BCUT2D eigenvalue weighted by Gasteiger charge is 2.24. The van der Waals surface area contributed by atoms with E-state index in [0.717, 1.165) is 58.7 Å². The molecule has 230 valence electrons. The van der Waals surface area contributed by atoms with Crippen molar-refractivity contribution < 1.29 is 9.59 Å². The summed E-state index contributed by atoms with van der Waals surface area (Å²) in [6.07, 6.45) is 3.91. The number of benzene rings is 4. The fourth-order valence-corrected chi connectivity index (χ4v) is 6.35. The maximum atomic E-state index is 13.4. The van der Waals surface area contributed by atoms with E-state index in [1.807, 2.05) is 74.4 Å². The van der Waals surface area contributed by atoms with Crippen molar-refractivity contribution in [2.75, 3.05) is 30.9 Å². The van der Waals surface area contributed by atoms with Crippen molar-refractivity contribution in [2.24, 2.45) is 5.92 Å². The molecule has 0 saturated heterocycles. The summed E-state index contributed by atoms with van der Waals surface area (Å²) >= 11 is 0. The van der Waals surface area contributed by atoms with Crippen molar-refractivity contribution in [3.05, 3.63) is 108 Å². The molecule has 8 nitrogen and oxygen atoms in total. The molecule has 5 aromatic rings. The highest BCUT2D eigenvalue weighted by atomic mass is 16.2. The Morgan fingerprint density at radius 3 is 2.18 bits per heavy atom. The van der Waals surface area contributed by atoms with E-state index in [0.29, 0.717) is 29.5 Å². The zero-order chi connectivity index (χ0) is 31.3. The van der Waals surface area contributed by atoms with Gasteiger partial charge in [-0.15, -0.1) is 0 Å². The van der Waals surface area contributed by atoms with E-state index in [1.165, 1.54) is 0 Å². The van der Waals surface area contributed by atoms with Gasteiger partial charge in [0.15, 0.2) is 0 Å². The Morgan fingerprint density at radius 2 is 1.42 bits per heavy atom.